The summed E-state index contributed by atoms with van der Waals surface area (Å²) < 4.78 is 0. The van der Waals surface area contributed by atoms with Gasteiger partial charge in [-0.25, -0.2) is 4.79 Å². The first-order valence-corrected chi connectivity index (χ1v) is 15.7. The number of hydrogen-bond donors (Lipinski definition) is 2. The number of allylic oxidation sites excluding steroid dienone is 2. The van der Waals surface area contributed by atoms with Crippen molar-refractivity contribution < 1.29 is 9.90 Å². The second-order valence-corrected chi connectivity index (χ2v) is 15.7. The third-order valence-electron chi connectivity index (χ3n) is 14.4. The summed E-state index contributed by atoms with van der Waals surface area (Å²) >= 11 is 0. The maximum Gasteiger partial charge on any atom is 0.335 e. The Morgan fingerprint density at radius 2 is 1.59 bits per heavy atom. The molecule has 1 aromatic carbocycles. The summed E-state index contributed by atoms with van der Waals surface area (Å²) in [6, 6.07) is 7.45. The molecule has 0 radical (unpaired) electrons. The lowest BCUT2D eigenvalue weighted by atomic mass is 9.31. The summed E-state index contributed by atoms with van der Waals surface area (Å²) in [5.74, 6) is 3.00. The topological polar surface area (TPSA) is 63.3 Å². The molecule has 1 unspecified atom stereocenters. The van der Waals surface area contributed by atoms with Gasteiger partial charge in [-0.15, -0.1) is 0 Å². The van der Waals surface area contributed by atoms with E-state index in [1.165, 1.54) is 56.1 Å². The van der Waals surface area contributed by atoms with E-state index in [0.717, 1.165) is 42.1 Å². The zero-order valence-electron chi connectivity index (χ0n) is 25.3. The summed E-state index contributed by atoms with van der Waals surface area (Å²) in [6.45, 7) is 19.4. The van der Waals surface area contributed by atoms with Crippen LogP contribution in [0.3, 0.4) is 0 Å². The first-order valence-electron chi connectivity index (χ1n) is 15.7. The molecule has 4 fully saturated rings. The molecule has 4 saturated carbocycles. The first kappa shape index (κ1) is 27.3. The predicted octanol–water partition coefficient (Wildman–Crippen LogP) is 8.75. The van der Waals surface area contributed by atoms with Gasteiger partial charge in [-0.1, -0.05) is 65.0 Å². The van der Waals surface area contributed by atoms with E-state index in [1.54, 1.807) is 12.1 Å². The van der Waals surface area contributed by atoms with E-state index in [-0.39, 0.29) is 16.4 Å². The number of benzene rings is 1. The average Bonchev–Trinajstić information content (AvgIpc) is 3.31. The van der Waals surface area contributed by atoms with Gasteiger partial charge in [0.1, 0.15) is 0 Å². The van der Waals surface area contributed by atoms with E-state index in [9.17, 15) is 9.90 Å². The van der Waals surface area contributed by atoms with E-state index in [4.69, 9.17) is 5.73 Å². The van der Waals surface area contributed by atoms with Crippen molar-refractivity contribution in [2.24, 2.45) is 57.0 Å². The Labute approximate surface area is 236 Å². The second-order valence-electron chi connectivity index (χ2n) is 15.7. The predicted molar refractivity (Wildman–Crippen MR) is 160 cm³/mol. The van der Waals surface area contributed by atoms with Crippen molar-refractivity contribution in [3.8, 4) is 0 Å². The molecule has 212 valence electrons. The number of hydrogen-bond acceptors (Lipinski definition) is 2. The van der Waals surface area contributed by atoms with Crippen LogP contribution < -0.4 is 5.73 Å². The molecule has 0 bridgehead atoms. The fourth-order valence-electron chi connectivity index (χ4n) is 12.0. The van der Waals surface area contributed by atoms with Gasteiger partial charge in [-0.3, -0.25) is 0 Å². The molecule has 5 aliphatic rings. The molecule has 3 N–H and O–H groups in total. The van der Waals surface area contributed by atoms with E-state index < -0.39 is 5.97 Å². The summed E-state index contributed by atoms with van der Waals surface area (Å²) in [6.07, 6.45) is 13.9. The van der Waals surface area contributed by atoms with Crippen LogP contribution in [0.5, 0.6) is 0 Å². The van der Waals surface area contributed by atoms with Gasteiger partial charge in [0.05, 0.1) is 5.56 Å². The van der Waals surface area contributed by atoms with Crippen LogP contribution in [0, 0.1) is 51.2 Å². The van der Waals surface area contributed by atoms with Crippen molar-refractivity contribution in [1.82, 2.24) is 0 Å². The maximum atomic E-state index is 11.5. The van der Waals surface area contributed by atoms with Crippen LogP contribution in [-0.4, -0.2) is 16.6 Å². The monoisotopic (exact) mass is 529 g/mol. The van der Waals surface area contributed by atoms with Crippen molar-refractivity contribution in [2.75, 3.05) is 0 Å². The van der Waals surface area contributed by atoms with Gasteiger partial charge < -0.3 is 10.8 Å². The fraction of sp³-hybridized carbons (Fsp3) is 0.694. The van der Waals surface area contributed by atoms with Crippen LogP contribution in [0.15, 0.2) is 42.5 Å². The molecule has 0 amide bonds. The fourth-order valence-corrected chi connectivity index (χ4v) is 12.0. The summed E-state index contributed by atoms with van der Waals surface area (Å²) in [4.78, 5) is 11.5. The highest BCUT2D eigenvalue weighted by Crippen LogP contribution is 2.76. The van der Waals surface area contributed by atoms with E-state index >= 15 is 0 Å². The number of aromatic carboxylic acids is 1. The maximum absolute atomic E-state index is 11.5. The van der Waals surface area contributed by atoms with E-state index in [1.807, 2.05) is 12.1 Å². The molecule has 0 spiro atoms. The Bertz CT molecular complexity index is 1230. The molecule has 3 heteroatoms. The lowest BCUT2D eigenvalue weighted by Gasteiger charge is -2.74. The molecule has 1 aromatic rings. The van der Waals surface area contributed by atoms with E-state index in [0.29, 0.717) is 22.3 Å². The normalized spacial score (nSPS) is 46.2. The molecule has 9 atom stereocenters. The minimum absolute atomic E-state index is 0.0300. The van der Waals surface area contributed by atoms with Gasteiger partial charge in [0.25, 0.3) is 0 Å². The van der Waals surface area contributed by atoms with Crippen LogP contribution in [-0.2, 0) is 0 Å². The number of carbonyl (C=O) groups is 1. The largest absolute Gasteiger partial charge is 0.478 e. The van der Waals surface area contributed by atoms with Crippen molar-refractivity contribution >= 4 is 11.5 Å². The van der Waals surface area contributed by atoms with Gasteiger partial charge in [-0.05, 0) is 134 Å². The van der Waals surface area contributed by atoms with Crippen LogP contribution >= 0.6 is 0 Å². The molecule has 3 nitrogen and oxygen atoms in total. The Hall–Kier alpha value is -1.87. The number of nitrogens with two attached hydrogens (primary N) is 1. The van der Waals surface area contributed by atoms with Crippen LogP contribution in [0.4, 0.5) is 0 Å². The lowest BCUT2D eigenvalue weighted by molar-refractivity contribution is -0.221. The van der Waals surface area contributed by atoms with Crippen molar-refractivity contribution in [3.05, 3.63) is 53.6 Å². The number of carboxylic acid groups (broad SMARTS) is 1. The number of rotatable bonds is 3. The second kappa shape index (κ2) is 8.57. The molecular formula is C36H51NO2. The van der Waals surface area contributed by atoms with Crippen LogP contribution in [0.25, 0.3) is 5.57 Å². The Morgan fingerprint density at radius 3 is 2.23 bits per heavy atom. The molecule has 0 saturated heterocycles. The average molecular weight is 530 g/mol. The quantitative estimate of drug-likeness (QED) is 0.385. The molecule has 5 aliphatic carbocycles. The highest BCUT2D eigenvalue weighted by molar-refractivity contribution is 5.88. The third-order valence-corrected chi connectivity index (χ3v) is 14.4. The van der Waals surface area contributed by atoms with Crippen molar-refractivity contribution in [3.63, 3.8) is 0 Å². The van der Waals surface area contributed by atoms with Gasteiger partial charge >= 0.3 is 5.97 Å². The zero-order valence-corrected chi connectivity index (χ0v) is 25.3. The zero-order chi connectivity index (χ0) is 28.2. The number of fused-ring (bicyclic) bond motifs is 7. The SMILES string of the molecule is C=C(C)[C@@H]1CCC2CC[C@]3(C)[C@H](CC[C@@H]4[C@@]5(C)CC=C(c6ccc(C(=O)O)cc6)C(C)(C)[C@]5(N)CC[C@]43C)[C@H]21. The first-order chi connectivity index (χ1) is 18.2. The third kappa shape index (κ3) is 3.35. The molecule has 0 heterocycles. The Balaban J connectivity index is 1.38. The molecule has 0 aliphatic heterocycles. The van der Waals surface area contributed by atoms with Crippen molar-refractivity contribution in [2.45, 2.75) is 105 Å². The molecular weight excluding hydrogens is 478 g/mol. The van der Waals surface area contributed by atoms with Crippen LogP contribution in [0.2, 0.25) is 0 Å². The molecule has 6 rings (SSSR count). The van der Waals surface area contributed by atoms with Gasteiger partial charge in [-0.2, -0.15) is 0 Å². The number of carboxylic acids is 1. The highest BCUT2D eigenvalue weighted by atomic mass is 16.4. The highest BCUT2D eigenvalue weighted by Gasteiger charge is 2.72. The Morgan fingerprint density at radius 1 is 0.897 bits per heavy atom. The molecule has 39 heavy (non-hydrogen) atoms. The van der Waals surface area contributed by atoms with E-state index in [2.05, 4.69) is 54.2 Å². The summed E-state index contributed by atoms with van der Waals surface area (Å²) in [5.41, 5.74) is 12.1. The minimum atomic E-state index is -0.877. The lowest BCUT2D eigenvalue weighted by Crippen LogP contribution is -2.74. The molecule has 0 aromatic heterocycles. The van der Waals surface area contributed by atoms with Gasteiger partial charge in [0, 0.05) is 11.0 Å². The summed E-state index contributed by atoms with van der Waals surface area (Å²) in [7, 11) is 0. The van der Waals surface area contributed by atoms with Gasteiger partial charge in [0.15, 0.2) is 0 Å². The minimum Gasteiger partial charge on any atom is -0.478 e. The summed E-state index contributed by atoms with van der Waals surface area (Å²) in [5, 5.41) is 9.41. The van der Waals surface area contributed by atoms with Crippen molar-refractivity contribution in [1.29, 1.82) is 0 Å². The smallest absolute Gasteiger partial charge is 0.335 e. The van der Waals surface area contributed by atoms with Gasteiger partial charge in [0.2, 0.25) is 0 Å². The standard InChI is InChI=1S/C36H51NO2/c1-22(2)26-13-12-24-16-18-33(5)28(30(24)26)14-15-29-34(33,6)20-21-36(37)32(3,4)27(17-19-35(29,36)7)23-8-10-25(11-9-23)31(38)39/h8-11,17,24,26,28-30H,1,12-16,18-21,37H2,2-7H3,(H,38,39)/t24?,26-,28+,29-,30+,33+,34+,35+,36+/m0/s1. The Kier molecular flexibility index (Phi) is 6.00. The van der Waals surface area contributed by atoms with Crippen LogP contribution in [0.1, 0.15) is 115 Å².